The molecule has 5 nitrogen and oxygen atoms in total. The molecule has 2 amide bonds. The molecule has 0 radical (unpaired) electrons. The molecule has 2 aromatic carbocycles. The number of hydrogen-bond donors (Lipinski definition) is 2. The minimum atomic E-state index is -0.734. The van der Waals surface area contributed by atoms with Crippen molar-refractivity contribution in [1.29, 1.82) is 0 Å². The van der Waals surface area contributed by atoms with E-state index in [2.05, 4.69) is 16.7 Å². The van der Waals surface area contributed by atoms with Crippen LogP contribution < -0.4 is 15.4 Å². The molecule has 25 heavy (non-hydrogen) atoms. The third-order valence-electron chi connectivity index (χ3n) is 4.39. The van der Waals surface area contributed by atoms with E-state index in [1.807, 2.05) is 42.5 Å². The molecule has 0 aliphatic heterocycles. The van der Waals surface area contributed by atoms with Gasteiger partial charge in [0.15, 0.2) is 6.61 Å². The normalized spacial score (nSPS) is 13.6. The van der Waals surface area contributed by atoms with Crippen LogP contribution in [0.15, 0.2) is 48.5 Å². The Balaban J connectivity index is 1.61. The summed E-state index contributed by atoms with van der Waals surface area (Å²) in [5.41, 5.74) is 3.39. The summed E-state index contributed by atoms with van der Waals surface area (Å²) in [5, 5.41) is 5.31. The third-order valence-corrected chi connectivity index (χ3v) is 4.39. The number of ether oxygens (including phenoxy) is 1. The highest BCUT2D eigenvalue weighted by Gasteiger charge is 2.21. The van der Waals surface area contributed by atoms with Crippen molar-refractivity contribution >= 4 is 11.8 Å². The Morgan fingerprint density at radius 2 is 1.84 bits per heavy atom. The quantitative estimate of drug-likeness (QED) is 0.848. The van der Waals surface area contributed by atoms with E-state index in [0.717, 1.165) is 18.4 Å². The molecule has 2 aromatic rings. The molecular formula is C20H22N2O3. The lowest BCUT2D eigenvalue weighted by Crippen LogP contribution is -2.40. The molecule has 130 valence electrons. The second-order valence-electron chi connectivity index (χ2n) is 6.10. The van der Waals surface area contributed by atoms with Crippen molar-refractivity contribution < 1.29 is 14.3 Å². The lowest BCUT2D eigenvalue weighted by Gasteiger charge is -2.18. The van der Waals surface area contributed by atoms with Gasteiger partial charge in [-0.05, 0) is 48.1 Å². The van der Waals surface area contributed by atoms with E-state index in [-0.39, 0.29) is 18.4 Å². The smallest absolute Gasteiger partial charge is 0.258 e. The van der Waals surface area contributed by atoms with Gasteiger partial charge in [0.05, 0.1) is 0 Å². The van der Waals surface area contributed by atoms with Gasteiger partial charge >= 0.3 is 0 Å². The molecule has 0 saturated carbocycles. The minimum absolute atomic E-state index is 0.126. The van der Waals surface area contributed by atoms with Crippen LogP contribution in [0.1, 0.15) is 29.2 Å². The van der Waals surface area contributed by atoms with Gasteiger partial charge in [0, 0.05) is 7.05 Å². The topological polar surface area (TPSA) is 67.4 Å². The highest BCUT2D eigenvalue weighted by Crippen LogP contribution is 2.26. The van der Waals surface area contributed by atoms with Crippen molar-refractivity contribution in [3.63, 3.8) is 0 Å². The Hall–Kier alpha value is -2.82. The molecule has 1 aliphatic rings. The van der Waals surface area contributed by atoms with E-state index >= 15 is 0 Å². The number of nitrogens with one attached hydrogen (secondary N) is 2. The summed E-state index contributed by atoms with van der Waals surface area (Å²) in [6, 6.07) is 14.4. The van der Waals surface area contributed by atoms with Crippen molar-refractivity contribution in [2.45, 2.75) is 25.3 Å². The van der Waals surface area contributed by atoms with Crippen LogP contribution in [0.2, 0.25) is 0 Å². The van der Waals surface area contributed by atoms with Crippen LogP contribution in [0.25, 0.3) is 0 Å². The van der Waals surface area contributed by atoms with Crippen molar-refractivity contribution in [2.24, 2.45) is 0 Å². The summed E-state index contributed by atoms with van der Waals surface area (Å²) in [6.45, 7) is -0.126. The minimum Gasteiger partial charge on any atom is -0.484 e. The molecule has 0 spiro atoms. The highest BCUT2D eigenvalue weighted by molar-refractivity contribution is 5.89. The molecule has 0 bridgehead atoms. The summed E-state index contributed by atoms with van der Waals surface area (Å²) >= 11 is 0. The van der Waals surface area contributed by atoms with Crippen molar-refractivity contribution in [3.05, 3.63) is 65.2 Å². The van der Waals surface area contributed by atoms with Gasteiger partial charge in [0.25, 0.3) is 5.91 Å². The molecule has 5 heteroatoms. The second kappa shape index (κ2) is 7.83. The SMILES string of the molecule is CNC(=O)C(NC(=O)COc1ccc2c(c1)CCC2)c1ccccc1. The molecule has 0 aromatic heterocycles. The monoisotopic (exact) mass is 338 g/mol. The number of rotatable bonds is 6. The average molecular weight is 338 g/mol. The average Bonchev–Trinajstić information content (AvgIpc) is 3.12. The van der Waals surface area contributed by atoms with Crippen molar-refractivity contribution in [1.82, 2.24) is 10.6 Å². The molecule has 0 saturated heterocycles. The number of hydrogen-bond acceptors (Lipinski definition) is 3. The number of carbonyl (C=O) groups excluding carboxylic acids is 2. The number of carbonyl (C=O) groups is 2. The van der Waals surface area contributed by atoms with Crippen LogP contribution in [0.5, 0.6) is 5.75 Å². The molecule has 3 rings (SSSR count). The van der Waals surface area contributed by atoms with Gasteiger partial charge in [-0.3, -0.25) is 9.59 Å². The van der Waals surface area contributed by atoms with Gasteiger partial charge in [-0.1, -0.05) is 36.4 Å². The van der Waals surface area contributed by atoms with E-state index < -0.39 is 6.04 Å². The van der Waals surface area contributed by atoms with E-state index in [9.17, 15) is 9.59 Å². The Kier molecular flexibility index (Phi) is 5.33. The van der Waals surface area contributed by atoms with Crippen molar-refractivity contribution in [3.8, 4) is 5.75 Å². The van der Waals surface area contributed by atoms with Crippen LogP contribution in [0.3, 0.4) is 0 Å². The van der Waals surface area contributed by atoms with E-state index in [0.29, 0.717) is 5.75 Å². The lowest BCUT2D eigenvalue weighted by atomic mass is 10.1. The van der Waals surface area contributed by atoms with Gasteiger partial charge < -0.3 is 15.4 Å². The fourth-order valence-electron chi connectivity index (χ4n) is 3.08. The Labute approximate surface area is 147 Å². The zero-order chi connectivity index (χ0) is 17.6. The first-order valence-electron chi connectivity index (χ1n) is 8.48. The fraction of sp³-hybridized carbons (Fsp3) is 0.300. The van der Waals surface area contributed by atoms with Crippen LogP contribution in [0, 0.1) is 0 Å². The maximum atomic E-state index is 12.2. The maximum Gasteiger partial charge on any atom is 0.258 e. The van der Waals surface area contributed by atoms with Gasteiger partial charge in [-0.15, -0.1) is 0 Å². The summed E-state index contributed by atoms with van der Waals surface area (Å²) in [4.78, 5) is 24.3. The molecule has 0 fully saturated rings. The predicted molar refractivity (Wildman–Crippen MR) is 95.4 cm³/mol. The van der Waals surface area contributed by atoms with Gasteiger partial charge in [-0.25, -0.2) is 0 Å². The number of likely N-dealkylation sites (N-methyl/N-ethyl adjacent to an activating group) is 1. The van der Waals surface area contributed by atoms with Crippen LogP contribution in [0.4, 0.5) is 0 Å². The largest absolute Gasteiger partial charge is 0.484 e. The first kappa shape index (κ1) is 17.0. The first-order valence-corrected chi connectivity index (χ1v) is 8.48. The Morgan fingerprint density at radius 1 is 1.08 bits per heavy atom. The zero-order valence-corrected chi connectivity index (χ0v) is 14.2. The van der Waals surface area contributed by atoms with Crippen LogP contribution in [-0.4, -0.2) is 25.5 Å². The van der Waals surface area contributed by atoms with Gasteiger partial charge in [0.2, 0.25) is 5.91 Å². The predicted octanol–water partition coefficient (Wildman–Crippen LogP) is 2.16. The third kappa shape index (κ3) is 4.18. The summed E-state index contributed by atoms with van der Waals surface area (Å²) < 4.78 is 5.60. The maximum absolute atomic E-state index is 12.2. The summed E-state index contributed by atoms with van der Waals surface area (Å²) in [6.07, 6.45) is 3.34. The second-order valence-corrected chi connectivity index (χ2v) is 6.10. The van der Waals surface area contributed by atoms with E-state index in [1.54, 1.807) is 7.05 Å². The summed E-state index contributed by atoms with van der Waals surface area (Å²) in [5.74, 6) is 0.0852. The summed E-state index contributed by atoms with van der Waals surface area (Å²) in [7, 11) is 1.55. The van der Waals surface area contributed by atoms with Crippen LogP contribution >= 0.6 is 0 Å². The molecular weight excluding hydrogens is 316 g/mol. The molecule has 1 unspecified atom stereocenters. The molecule has 1 atom stereocenters. The number of amides is 2. The number of fused-ring (bicyclic) bond motifs is 1. The molecule has 2 N–H and O–H groups in total. The molecule has 1 aliphatic carbocycles. The van der Waals surface area contributed by atoms with E-state index in [4.69, 9.17) is 4.74 Å². The first-order chi connectivity index (χ1) is 12.2. The highest BCUT2D eigenvalue weighted by atomic mass is 16.5. The Morgan fingerprint density at radius 3 is 2.60 bits per heavy atom. The van der Waals surface area contributed by atoms with E-state index in [1.165, 1.54) is 17.5 Å². The van der Waals surface area contributed by atoms with Crippen LogP contribution in [-0.2, 0) is 22.4 Å². The Bertz CT molecular complexity index is 759. The van der Waals surface area contributed by atoms with Crippen molar-refractivity contribution in [2.75, 3.05) is 13.7 Å². The molecule has 0 heterocycles. The number of aryl methyl sites for hydroxylation is 2. The standard InChI is InChI=1S/C20H22N2O3/c1-21-20(24)19(15-6-3-2-4-7-15)22-18(23)13-25-17-11-10-14-8-5-9-16(14)12-17/h2-4,6-7,10-12,19H,5,8-9,13H2,1H3,(H,21,24)(H,22,23). The van der Waals surface area contributed by atoms with Gasteiger partial charge in [-0.2, -0.15) is 0 Å². The number of benzene rings is 2. The van der Waals surface area contributed by atoms with Gasteiger partial charge in [0.1, 0.15) is 11.8 Å². The lowest BCUT2D eigenvalue weighted by molar-refractivity contribution is -0.129. The fourth-order valence-corrected chi connectivity index (χ4v) is 3.08. The zero-order valence-electron chi connectivity index (χ0n) is 14.2.